The van der Waals surface area contributed by atoms with Crippen molar-refractivity contribution in [1.82, 2.24) is 46.2 Å². The Kier molecular flexibility index (Phi) is 29.2. The Bertz CT molecular complexity index is 3060. The van der Waals surface area contributed by atoms with Crippen molar-refractivity contribution in [3.63, 3.8) is 0 Å². The number of rotatable bonds is 37. The predicted molar refractivity (Wildman–Crippen MR) is 354 cm³/mol. The number of carbonyl (C=O) groups excluding carboxylic acids is 11. The van der Waals surface area contributed by atoms with E-state index in [0.29, 0.717) is 75.6 Å². The number of imide groups is 1. The molecule has 0 spiro atoms. The Morgan fingerprint density at radius 2 is 1.41 bits per heavy atom. The highest BCUT2D eigenvalue weighted by Crippen LogP contribution is 2.43. The van der Waals surface area contributed by atoms with Crippen LogP contribution in [-0.4, -0.2) is 197 Å². The number of piperidine rings is 1. The van der Waals surface area contributed by atoms with Gasteiger partial charge in [-0.2, -0.15) is 0 Å². The molecule has 13 atom stereocenters. The largest absolute Gasteiger partial charge is 0.480 e. The number of unbranched alkanes of at least 4 members (excludes halogenated alkanes) is 2. The van der Waals surface area contributed by atoms with Gasteiger partial charge in [-0.15, -0.1) is 0 Å². The van der Waals surface area contributed by atoms with Crippen LogP contribution in [0.5, 0.6) is 0 Å². The number of fused-ring (bicyclic) bond motifs is 2. The predicted octanol–water partition coefficient (Wildman–Crippen LogP) is 4.55. The number of amides is 12. The molecule has 6 rings (SSSR count). The Labute approximate surface area is 562 Å². The van der Waals surface area contributed by atoms with E-state index in [1.54, 1.807) is 86.1 Å². The summed E-state index contributed by atoms with van der Waals surface area (Å²) in [6, 6.07) is 8.00. The van der Waals surface area contributed by atoms with Gasteiger partial charge in [0.25, 0.3) is 11.8 Å². The van der Waals surface area contributed by atoms with Crippen LogP contribution < -0.4 is 37.6 Å². The third-order valence-electron chi connectivity index (χ3n) is 19.1. The maximum atomic E-state index is 14.9. The number of carboxylic acids is 1. The Morgan fingerprint density at radius 3 is 2.02 bits per heavy atom. The van der Waals surface area contributed by atoms with Crippen LogP contribution in [0.3, 0.4) is 0 Å². The second-order valence-electron chi connectivity index (χ2n) is 26.5. The highest BCUT2D eigenvalue weighted by molar-refractivity contribution is 6.12. The molecule has 3 heterocycles. The van der Waals surface area contributed by atoms with Crippen molar-refractivity contribution < 1.29 is 76.9 Å². The van der Waals surface area contributed by atoms with Crippen molar-refractivity contribution in [2.24, 2.45) is 35.3 Å². The van der Waals surface area contributed by atoms with Crippen molar-refractivity contribution in [2.75, 3.05) is 46.2 Å². The summed E-state index contributed by atoms with van der Waals surface area (Å²) in [5, 5.41) is 26.5. The molecule has 27 heteroatoms. The number of nitrogens with two attached hydrogens (primary N) is 1. The molecule has 1 saturated carbocycles. The maximum absolute atomic E-state index is 14.9. The van der Waals surface area contributed by atoms with Gasteiger partial charge in [-0.1, -0.05) is 104 Å². The van der Waals surface area contributed by atoms with Crippen molar-refractivity contribution in [1.29, 1.82) is 0 Å². The standard InChI is InChI=1S/C69H101N11O16/c1-11-42(6)59(52(94-9)38-56(84)78-35-19-23-51(78)61(95-10)43(7)62(85)74-50(67(90)91)36-44-20-14-12-15-21-44)77(8)66(89)58(41(4)5)76-65(88)60-46-27-30-48(37-46)80(60)69(93)96-39-45-25-28-47(29-26-45)72-63(86)49(22-18-33-71-68(70)92)73-64(87)57(40(2)3)75-53(81)24-16-13-17-34-79-54(82)31-32-55(79)83/h12,14-15,20-21,25-26,28-29,31-32,40-43,46,48-52,57-61H,11,13,16-19,22-24,27,30,33-39H2,1-10H3,(H,72,86)(H,73,87)(H,74,85)(H,75,81)(H,76,88)(H,90,91)(H3,70,71,92)/t42-,43+,46?,48-,49-,50-,51-,52+,57-,58-,59-,60-,61+/m0/s1. The minimum absolute atomic E-state index is 0.0793. The summed E-state index contributed by atoms with van der Waals surface area (Å²) in [6.45, 7) is 13.3. The van der Waals surface area contributed by atoms with Gasteiger partial charge in [-0.25, -0.2) is 14.4 Å². The zero-order valence-electron chi connectivity index (χ0n) is 57.2. The number of urea groups is 1. The number of nitrogens with zero attached hydrogens (tertiary/aromatic N) is 4. The summed E-state index contributed by atoms with van der Waals surface area (Å²) in [6.07, 6.45) is 5.73. The monoisotopic (exact) mass is 1340 g/mol. The second-order valence-corrected chi connectivity index (χ2v) is 26.5. The summed E-state index contributed by atoms with van der Waals surface area (Å²) in [5.41, 5.74) is 6.90. The van der Waals surface area contributed by atoms with Crippen molar-refractivity contribution in [2.45, 2.75) is 206 Å². The first kappa shape index (κ1) is 76.6. The molecule has 9 N–H and O–H groups in total. The van der Waals surface area contributed by atoms with Gasteiger partial charge >= 0.3 is 18.1 Å². The first-order valence-electron chi connectivity index (χ1n) is 33.7. The van der Waals surface area contributed by atoms with Gasteiger partial charge in [0.2, 0.25) is 41.4 Å². The smallest absolute Gasteiger partial charge is 0.411 e. The molecule has 96 heavy (non-hydrogen) atoms. The van der Waals surface area contributed by atoms with Gasteiger partial charge < -0.3 is 66.8 Å². The molecule has 2 saturated heterocycles. The van der Waals surface area contributed by atoms with Gasteiger partial charge in [0.1, 0.15) is 36.8 Å². The van der Waals surface area contributed by atoms with Crippen molar-refractivity contribution in [3.05, 3.63) is 77.9 Å². The molecule has 1 unspecified atom stereocenters. The average Bonchev–Trinajstić information content (AvgIpc) is 1.60. The van der Waals surface area contributed by atoms with E-state index >= 15 is 0 Å². The van der Waals surface area contributed by atoms with Crippen LogP contribution in [0.25, 0.3) is 0 Å². The van der Waals surface area contributed by atoms with E-state index in [2.05, 4.69) is 31.9 Å². The quantitative estimate of drug-likeness (QED) is 0.0340. The molecule has 2 aromatic rings. The number of hydrogen-bond donors (Lipinski definition) is 8. The molecule has 27 nitrogen and oxygen atoms in total. The summed E-state index contributed by atoms with van der Waals surface area (Å²) in [4.78, 5) is 166. The molecule has 0 aromatic heterocycles. The third kappa shape index (κ3) is 20.8. The van der Waals surface area contributed by atoms with Crippen LogP contribution in [0.2, 0.25) is 0 Å². The topological polar surface area (TPSA) is 364 Å². The van der Waals surface area contributed by atoms with E-state index in [1.165, 1.54) is 31.3 Å². The van der Waals surface area contributed by atoms with Crippen LogP contribution in [0.1, 0.15) is 143 Å². The lowest BCUT2D eigenvalue weighted by Crippen LogP contribution is -2.60. The van der Waals surface area contributed by atoms with Crippen LogP contribution in [0.15, 0.2) is 66.7 Å². The van der Waals surface area contributed by atoms with Crippen LogP contribution in [0.4, 0.5) is 15.3 Å². The second kappa shape index (κ2) is 36.6. The number of likely N-dealkylation sites (N-methyl/N-ethyl adjacent to an activating group) is 1. The molecule has 3 fully saturated rings. The lowest BCUT2D eigenvalue weighted by molar-refractivity contribution is -0.148. The lowest BCUT2D eigenvalue weighted by Gasteiger charge is -2.41. The van der Waals surface area contributed by atoms with Gasteiger partial charge in [-0.3, -0.25) is 53.0 Å². The number of nitrogens with one attached hydrogen (secondary N) is 6. The van der Waals surface area contributed by atoms with Crippen LogP contribution >= 0.6 is 0 Å². The molecule has 3 aliphatic heterocycles. The number of methoxy groups -OCH3 is 2. The normalized spacial score (nSPS) is 20.1. The molecule has 528 valence electrons. The molecule has 1 aliphatic carbocycles. The van der Waals surface area contributed by atoms with E-state index in [-0.39, 0.29) is 99.2 Å². The van der Waals surface area contributed by atoms with Gasteiger partial charge in [0.15, 0.2) is 0 Å². The number of anilines is 1. The fourth-order valence-corrected chi connectivity index (χ4v) is 13.6. The molecule has 0 radical (unpaired) electrons. The fraction of sp³-hybridized carbons (Fsp3) is 0.623. The minimum Gasteiger partial charge on any atom is -0.480 e. The van der Waals surface area contributed by atoms with Gasteiger partial charge in [0.05, 0.1) is 36.6 Å². The van der Waals surface area contributed by atoms with E-state index < -0.39 is 114 Å². The first-order chi connectivity index (χ1) is 45.7. The number of likely N-dealkylation sites (tertiary alicyclic amines) is 2. The van der Waals surface area contributed by atoms with Crippen LogP contribution in [-0.2, 0) is 75.2 Å². The number of hydrogen-bond acceptors (Lipinski definition) is 15. The number of benzene rings is 2. The van der Waals surface area contributed by atoms with E-state index in [9.17, 15) is 62.6 Å². The summed E-state index contributed by atoms with van der Waals surface area (Å²) in [7, 11) is 4.59. The third-order valence-corrected chi connectivity index (χ3v) is 19.1. The average molecular weight is 1340 g/mol. The molecule has 12 amide bonds. The molecule has 2 bridgehead atoms. The van der Waals surface area contributed by atoms with Gasteiger partial charge in [0, 0.05) is 77.6 Å². The minimum atomic E-state index is -1.19. The maximum Gasteiger partial charge on any atom is 0.411 e. The summed E-state index contributed by atoms with van der Waals surface area (Å²) >= 11 is 0. The molecular formula is C69H101N11O16. The number of carboxylic acid groups (broad SMARTS) is 1. The zero-order valence-corrected chi connectivity index (χ0v) is 57.2. The highest BCUT2D eigenvalue weighted by Gasteiger charge is 2.53. The first-order valence-corrected chi connectivity index (χ1v) is 33.7. The number of ether oxygens (including phenoxy) is 3. The Morgan fingerprint density at radius 1 is 0.740 bits per heavy atom. The Balaban J connectivity index is 1.04. The Hall–Kier alpha value is -8.46. The SMILES string of the molecule is CC[C@H](C)[C@@H]([C@@H](CC(=O)N1CCC[C@H]1[C@H](OC)[C@@H](C)C(=O)N[C@@H](Cc1ccccc1)C(=O)O)OC)N(C)C(=O)[C@@H](NC(=O)[C@@H]1C2CC[C@@H](C2)N1C(=O)OCc1ccc(NC(=O)[C@H](CCCNC(N)=O)NC(=O)[C@@H](NC(=O)CCCCCN2C(=O)C=CC2=O)C(C)C)cc1)C(C)C. The number of aliphatic carboxylic acids is 1. The molecular weight excluding hydrogens is 1240 g/mol. The zero-order chi connectivity index (χ0) is 70.5. The van der Waals surface area contributed by atoms with E-state index in [0.717, 1.165) is 10.5 Å². The lowest BCUT2D eigenvalue weighted by atomic mass is 9.89. The molecule has 4 aliphatic rings. The summed E-state index contributed by atoms with van der Waals surface area (Å²) < 4.78 is 17.9. The van der Waals surface area contributed by atoms with E-state index in [4.69, 9.17) is 19.9 Å². The van der Waals surface area contributed by atoms with Crippen LogP contribution in [0, 0.1) is 29.6 Å². The van der Waals surface area contributed by atoms with E-state index in [1.807, 2.05) is 33.8 Å². The number of carbonyl (C=O) groups is 12. The highest BCUT2D eigenvalue weighted by atomic mass is 16.6. The van der Waals surface area contributed by atoms with Gasteiger partial charge in [-0.05, 0) is 105 Å². The molecule has 2 aromatic carbocycles. The van der Waals surface area contributed by atoms with Crippen molar-refractivity contribution >= 4 is 76.9 Å². The fourth-order valence-electron chi connectivity index (χ4n) is 13.6. The summed E-state index contributed by atoms with van der Waals surface area (Å²) in [5.74, 6) is -7.20. The van der Waals surface area contributed by atoms with Crippen molar-refractivity contribution in [3.8, 4) is 0 Å². The number of primary amides is 1.